The van der Waals surface area contributed by atoms with E-state index in [1.807, 2.05) is 79.7 Å². The fraction of sp³-hybridized carbons (Fsp3) is 0.154. The standard InChI is InChI=1S/C26H27N7O2/c1-3-35-22-16-14-21(15-17-22)28-23(34)18(2)27-24-31-25(29-19-10-6-4-7-11-19)33-26(32-24)30-20-12-8-5-9-13-20/h4-18H,3H2,1-2H3,(H,28,34)(H3,27,29,30,31,32,33)/t18-/m1/s1. The van der Waals surface area contributed by atoms with Crippen LogP contribution in [0.3, 0.4) is 0 Å². The number of para-hydroxylation sites is 2. The number of benzene rings is 3. The molecule has 4 aromatic rings. The summed E-state index contributed by atoms with van der Waals surface area (Å²) < 4.78 is 5.44. The summed E-state index contributed by atoms with van der Waals surface area (Å²) in [5.41, 5.74) is 2.33. The van der Waals surface area contributed by atoms with Crippen molar-refractivity contribution < 1.29 is 9.53 Å². The zero-order valence-electron chi connectivity index (χ0n) is 19.5. The van der Waals surface area contributed by atoms with Crippen molar-refractivity contribution in [2.45, 2.75) is 19.9 Å². The summed E-state index contributed by atoms with van der Waals surface area (Å²) in [5, 5.41) is 12.3. The molecule has 9 heteroatoms. The second-order valence-corrected chi connectivity index (χ2v) is 7.60. The molecule has 0 saturated heterocycles. The van der Waals surface area contributed by atoms with Gasteiger partial charge in [-0.2, -0.15) is 15.0 Å². The summed E-state index contributed by atoms with van der Waals surface area (Å²) in [7, 11) is 0. The first-order chi connectivity index (χ1) is 17.1. The molecule has 0 spiro atoms. The van der Waals surface area contributed by atoms with Crippen LogP contribution in [0.2, 0.25) is 0 Å². The van der Waals surface area contributed by atoms with Gasteiger partial charge in [-0.15, -0.1) is 0 Å². The molecule has 3 aromatic carbocycles. The van der Waals surface area contributed by atoms with Crippen LogP contribution in [-0.4, -0.2) is 33.5 Å². The average molecular weight is 470 g/mol. The molecule has 0 radical (unpaired) electrons. The summed E-state index contributed by atoms with van der Waals surface area (Å²) in [6.45, 7) is 4.24. The number of aromatic nitrogens is 3. The average Bonchev–Trinajstić information content (AvgIpc) is 2.86. The van der Waals surface area contributed by atoms with E-state index in [-0.39, 0.29) is 11.9 Å². The number of rotatable bonds is 10. The summed E-state index contributed by atoms with van der Waals surface area (Å²) in [6.07, 6.45) is 0. The lowest BCUT2D eigenvalue weighted by Gasteiger charge is -2.16. The van der Waals surface area contributed by atoms with Crippen LogP contribution in [0.5, 0.6) is 5.75 Å². The van der Waals surface area contributed by atoms with Gasteiger partial charge in [-0.1, -0.05) is 36.4 Å². The molecule has 1 atom stereocenters. The normalized spacial score (nSPS) is 11.3. The van der Waals surface area contributed by atoms with E-state index in [1.54, 1.807) is 19.1 Å². The molecule has 0 aliphatic carbocycles. The van der Waals surface area contributed by atoms with Crippen molar-refractivity contribution in [3.05, 3.63) is 84.9 Å². The number of anilines is 6. The van der Waals surface area contributed by atoms with Crippen molar-refractivity contribution in [1.82, 2.24) is 15.0 Å². The molecule has 4 N–H and O–H groups in total. The van der Waals surface area contributed by atoms with Gasteiger partial charge in [0, 0.05) is 17.1 Å². The van der Waals surface area contributed by atoms with Crippen LogP contribution in [0, 0.1) is 0 Å². The summed E-state index contributed by atoms with van der Waals surface area (Å²) in [6, 6.07) is 25.8. The summed E-state index contributed by atoms with van der Waals surface area (Å²) in [4.78, 5) is 26.1. The van der Waals surface area contributed by atoms with Crippen LogP contribution in [0.4, 0.5) is 34.9 Å². The van der Waals surface area contributed by atoms with E-state index in [0.29, 0.717) is 24.2 Å². The number of ether oxygens (including phenoxy) is 1. The van der Waals surface area contributed by atoms with E-state index < -0.39 is 6.04 Å². The molecule has 1 amide bonds. The minimum absolute atomic E-state index is 0.232. The Kier molecular flexibility index (Phi) is 7.70. The molecule has 1 aromatic heterocycles. The topological polar surface area (TPSA) is 113 Å². The maximum absolute atomic E-state index is 12.8. The first-order valence-corrected chi connectivity index (χ1v) is 11.3. The van der Waals surface area contributed by atoms with Gasteiger partial charge in [0.25, 0.3) is 0 Å². The zero-order valence-corrected chi connectivity index (χ0v) is 19.5. The van der Waals surface area contributed by atoms with Crippen molar-refractivity contribution >= 4 is 40.8 Å². The SMILES string of the molecule is CCOc1ccc(NC(=O)[C@@H](C)Nc2nc(Nc3ccccc3)nc(Nc3ccccc3)n2)cc1. The lowest BCUT2D eigenvalue weighted by Crippen LogP contribution is -2.32. The highest BCUT2D eigenvalue weighted by Crippen LogP contribution is 2.19. The number of nitrogens with zero attached hydrogens (tertiary/aromatic N) is 3. The third-order valence-electron chi connectivity index (χ3n) is 4.87. The molecular weight excluding hydrogens is 442 g/mol. The number of amides is 1. The van der Waals surface area contributed by atoms with Gasteiger partial charge in [-0.25, -0.2) is 0 Å². The van der Waals surface area contributed by atoms with Gasteiger partial charge in [0.2, 0.25) is 23.8 Å². The second-order valence-electron chi connectivity index (χ2n) is 7.60. The Balaban J connectivity index is 1.49. The lowest BCUT2D eigenvalue weighted by molar-refractivity contribution is -0.116. The van der Waals surface area contributed by atoms with Gasteiger partial charge < -0.3 is 26.0 Å². The second kappa shape index (κ2) is 11.5. The molecule has 178 valence electrons. The van der Waals surface area contributed by atoms with E-state index in [9.17, 15) is 4.79 Å². The van der Waals surface area contributed by atoms with Crippen molar-refractivity contribution in [2.75, 3.05) is 27.9 Å². The summed E-state index contributed by atoms with van der Waals surface area (Å²) in [5.74, 6) is 1.45. The van der Waals surface area contributed by atoms with Gasteiger partial charge in [0.05, 0.1) is 6.61 Å². The Bertz CT molecular complexity index is 1180. The minimum atomic E-state index is -0.613. The third kappa shape index (κ3) is 6.91. The Morgan fingerprint density at radius 3 is 1.77 bits per heavy atom. The van der Waals surface area contributed by atoms with Gasteiger partial charge in [0.15, 0.2) is 0 Å². The molecule has 0 unspecified atom stereocenters. The van der Waals surface area contributed by atoms with Gasteiger partial charge in [0.1, 0.15) is 11.8 Å². The van der Waals surface area contributed by atoms with E-state index in [1.165, 1.54) is 0 Å². The molecule has 9 nitrogen and oxygen atoms in total. The lowest BCUT2D eigenvalue weighted by atomic mass is 10.2. The van der Waals surface area contributed by atoms with Gasteiger partial charge >= 0.3 is 0 Å². The highest BCUT2D eigenvalue weighted by molar-refractivity contribution is 5.96. The van der Waals surface area contributed by atoms with Crippen LogP contribution in [0.1, 0.15) is 13.8 Å². The van der Waals surface area contributed by atoms with Crippen LogP contribution in [0.25, 0.3) is 0 Å². The van der Waals surface area contributed by atoms with E-state index >= 15 is 0 Å². The number of hydrogen-bond donors (Lipinski definition) is 4. The quantitative estimate of drug-likeness (QED) is 0.251. The first-order valence-electron chi connectivity index (χ1n) is 11.3. The van der Waals surface area contributed by atoms with Gasteiger partial charge in [-0.3, -0.25) is 4.79 Å². The van der Waals surface area contributed by atoms with Crippen molar-refractivity contribution in [1.29, 1.82) is 0 Å². The van der Waals surface area contributed by atoms with Crippen LogP contribution < -0.4 is 26.0 Å². The summed E-state index contributed by atoms with van der Waals surface area (Å²) >= 11 is 0. The Morgan fingerprint density at radius 2 is 1.26 bits per heavy atom. The molecular formula is C26H27N7O2. The number of carbonyl (C=O) groups excluding carboxylic acids is 1. The minimum Gasteiger partial charge on any atom is -0.494 e. The van der Waals surface area contributed by atoms with E-state index in [2.05, 4.69) is 36.2 Å². The van der Waals surface area contributed by atoms with Crippen molar-refractivity contribution in [3.63, 3.8) is 0 Å². The number of hydrogen-bond acceptors (Lipinski definition) is 8. The van der Waals surface area contributed by atoms with E-state index in [0.717, 1.165) is 17.1 Å². The monoisotopic (exact) mass is 469 g/mol. The molecule has 1 heterocycles. The maximum atomic E-state index is 12.8. The number of nitrogens with one attached hydrogen (secondary N) is 4. The third-order valence-corrected chi connectivity index (χ3v) is 4.87. The van der Waals surface area contributed by atoms with Crippen LogP contribution >= 0.6 is 0 Å². The van der Waals surface area contributed by atoms with E-state index in [4.69, 9.17) is 4.74 Å². The fourth-order valence-electron chi connectivity index (χ4n) is 3.16. The van der Waals surface area contributed by atoms with Crippen molar-refractivity contribution in [2.24, 2.45) is 0 Å². The Hall–Kier alpha value is -4.66. The fourth-order valence-corrected chi connectivity index (χ4v) is 3.16. The molecule has 4 rings (SSSR count). The predicted molar refractivity (Wildman–Crippen MR) is 139 cm³/mol. The molecule has 0 saturated carbocycles. The molecule has 0 bridgehead atoms. The van der Waals surface area contributed by atoms with Crippen LogP contribution in [0.15, 0.2) is 84.9 Å². The van der Waals surface area contributed by atoms with Gasteiger partial charge in [-0.05, 0) is 62.4 Å². The largest absolute Gasteiger partial charge is 0.494 e. The van der Waals surface area contributed by atoms with Crippen LogP contribution in [-0.2, 0) is 4.79 Å². The predicted octanol–water partition coefficient (Wildman–Crippen LogP) is 5.20. The first kappa shape index (κ1) is 23.5. The zero-order chi connectivity index (χ0) is 24.5. The van der Waals surface area contributed by atoms with Crippen molar-refractivity contribution in [3.8, 4) is 5.75 Å². The highest BCUT2D eigenvalue weighted by Gasteiger charge is 2.16. The highest BCUT2D eigenvalue weighted by atomic mass is 16.5. The Labute approximate surface area is 204 Å². The molecule has 0 fully saturated rings. The maximum Gasteiger partial charge on any atom is 0.246 e. The molecule has 0 aliphatic heterocycles. The molecule has 0 aliphatic rings. The number of carbonyl (C=O) groups is 1. The smallest absolute Gasteiger partial charge is 0.246 e. The molecule has 35 heavy (non-hydrogen) atoms. The Morgan fingerprint density at radius 1 is 0.743 bits per heavy atom.